The van der Waals surface area contributed by atoms with E-state index in [1.807, 2.05) is 0 Å². The van der Waals surface area contributed by atoms with Gasteiger partial charge in [-0.15, -0.1) is 12.4 Å². The summed E-state index contributed by atoms with van der Waals surface area (Å²) in [4.78, 5) is 10.5. The molecule has 1 rings (SSSR count). The minimum absolute atomic E-state index is 0. The number of hydrogen-bond donors (Lipinski definition) is 2. The molecule has 0 aliphatic carbocycles. The number of rotatable bonds is 2. The Morgan fingerprint density at radius 3 is 2.64 bits per heavy atom. The smallest absolute Gasteiger partial charge is 0.325 e. The fraction of sp³-hybridized carbons (Fsp3) is 0.125. The Morgan fingerprint density at radius 2 is 2.14 bits per heavy atom. The van der Waals surface area contributed by atoms with E-state index in [0.717, 1.165) is 12.1 Å². The third-order valence-corrected chi connectivity index (χ3v) is 1.90. The third-order valence-electron chi connectivity index (χ3n) is 1.56. The highest BCUT2D eigenvalue weighted by molar-refractivity contribution is 6.31. The van der Waals surface area contributed by atoms with Crippen LogP contribution >= 0.6 is 24.0 Å². The molecule has 0 bridgehead atoms. The molecular formula is C8H8Cl2FNO2. The topological polar surface area (TPSA) is 63.3 Å². The summed E-state index contributed by atoms with van der Waals surface area (Å²) >= 11 is 5.63. The standard InChI is InChI=1S/C8H7ClFNO2.ClH/c9-6-2-1-4(10)3-5(6)7(11)8(12)13;/h1-3,7H,11H2,(H,12,13);1H/t7-;/m0./s1. The van der Waals surface area contributed by atoms with Gasteiger partial charge >= 0.3 is 5.97 Å². The maximum atomic E-state index is 12.7. The molecule has 0 unspecified atom stereocenters. The van der Waals surface area contributed by atoms with Crippen LogP contribution in [0.3, 0.4) is 0 Å². The molecular weight excluding hydrogens is 232 g/mol. The van der Waals surface area contributed by atoms with Gasteiger partial charge in [0, 0.05) is 10.6 Å². The largest absolute Gasteiger partial charge is 0.480 e. The van der Waals surface area contributed by atoms with Crippen LogP contribution in [0.5, 0.6) is 0 Å². The van der Waals surface area contributed by atoms with Crippen LogP contribution in [0.4, 0.5) is 4.39 Å². The number of hydrogen-bond acceptors (Lipinski definition) is 2. The second-order valence-electron chi connectivity index (χ2n) is 2.48. The number of halogens is 3. The van der Waals surface area contributed by atoms with Crippen LogP contribution in [0.2, 0.25) is 5.02 Å². The predicted octanol–water partition coefficient (Wildman–Crippen LogP) is 1.99. The second-order valence-corrected chi connectivity index (χ2v) is 2.89. The fourth-order valence-electron chi connectivity index (χ4n) is 0.886. The molecule has 3 nitrogen and oxygen atoms in total. The Labute approximate surface area is 91.1 Å². The van der Waals surface area contributed by atoms with Gasteiger partial charge in [0.25, 0.3) is 0 Å². The van der Waals surface area contributed by atoms with Crippen molar-refractivity contribution < 1.29 is 14.3 Å². The van der Waals surface area contributed by atoms with Crippen molar-refractivity contribution in [1.82, 2.24) is 0 Å². The first-order valence-electron chi connectivity index (χ1n) is 3.45. The number of nitrogens with two attached hydrogens (primary N) is 1. The SMILES string of the molecule is Cl.N[C@H](C(=O)O)c1cc(F)ccc1Cl. The Kier molecular flexibility index (Phi) is 4.83. The van der Waals surface area contributed by atoms with Crippen LogP contribution in [-0.2, 0) is 4.79 Å². The summed E-state index contributed by atoms with van der Waals surface area (Å²) in [5.74, 6) is -1.80. The molecule has 0 aromatic heterocycles. The van der Waals surface area contributed by atoms with E-state index in [-0.39, 0.29) is 23.0 Å². The first-order chi connectivity index (χ1) is 6.02. The van der Waals surface area contributed by atoms with Crippen molar-refractivity contribution in [2.75, 3.05) is 0 Å². The highest BCUT2D eigenvalue weighted by atomic mass is 35.5. The predicted molar refractivity (Wildman–Crippen MR) is 53.2 cm³/mol. The molecule has 0 heterocycles. The summed E-state index contributed by atoms with van der Waals surface area (Å²) < 4.78 is 12.7. The van der Waals surface area contributed by atoms with E-state index in [1.54, 1.807) is 0 Å². The van der Waals surface area contributed by atoms with Crippen molar-refractivity contribution in [3.05, 3.63) is 34.6 Å². The molecule has 0 radical (unpaired) electrons. The number of carbonyl (C=O) groups is 1. The van der Waals surface area contributed by atoms with Gasteiger partial charge in [0.2, 0.25) is 0 Å². The third kappa shape index (κ3) is 2.83. The van der Waals surface area contributed by atoms with Gasteiger partial charge in [0.1, 0.15) is 11.9 Å². The van der Waals surface area contributed by atoms with Crippen molar-refractivity contribution in [2.45, 2.75) is 6.04 Å². The zero-order valence-electron chi connectivity index (χ0n) is 6.91. The summed E-state index contributed by atoms with van der Waals surface area (Å²) in [6.45, 7) is 0. The Morgan fingerprint density at radius 1 is 1.57 bits per heavy atom. The second kappa shape index (κ2) is 5.14. The zero-order valence-corrected chi connectivity index (χ0v) is 8.48. The van der Waals surface area contributed by atoms with E-state index in [1.165, 1.54) is 6.07 Å². The van der Waals surface area contributed by atoms with Gasteiger partial charge in [-0.2, -0.15) is 0 Å². The number of benzene rings is 1. The molecule has 78 valence electrons. The highest BCUT2D eigenvalue weighted by Gasteiger charge is 2.17. The molecule has 0 saturated heterocycles. The fourth-order valence-corrected chi connectivity index (χ4v) is 1.12. The van der Waals surface area contributed by atoms with Crippen LogP contribution in [0.15, 0.2) is 18.2 Å². The maximum absolute atomic E-state index is 12.7. The average molecular weight is 240 g/mol. The van der Waals surface area contributed by atoms with Gasteiger partial charge in [-0.25, -0.2) is 4.39 Å². The molecule has 14 heavy (non-hydrogen) atoms. The van der Waals surface area contributed by atoms with Crippen LogP contribution < -0.4 is 5.73 Å². The molecule has 1 aromatic rings. The lowest BCUT2D eigenvalue weighted by molar-refractivity contribution is -0.138. The first-order valence-corrected chi connectivity index (χ1v) is 3.83. The summed E-state index contributed by atoms with van der Waals surface area (Å²) in [5.41, 5.74) is 5.33. The average Bonchev–Trinajstić information content (AvgIpc) is 2.08. The van der Waals surface area contributed by atoms with Crippen LogP contribution in [0, 0.1) is 5.82 Å². The van der Waals surface area contributed by atoms with Crippen LogP contribution in [-0.4, -0.2) is 11.1 Å². The van der Waals surface area contributed by atoms with E-state index in [2.05, 4.69) is 0 Å². The summed E-state index contributed by atoms with van der Waals surface area (Å²) in [6.07, 6.45) is 0. The lowest BCUT2D eigenvalue weighted by Crippen LogP contribution is -2.21. The van der Waals surface area contributed by atoms with Crippen LogP contribution in [0.25, 0.3) is 0 Å². The molecule has 0 aliphatic heterocycles. The Balaban J connectivity index is 0.00000169. The van der Waals surface area contributed by atoms with E-state index < -0.39 is 17.8 Å². The quantitative estimate of drug-likeness (QED) is 0.830. The normalized spacial score (nSPS) is 11.6. The molecule has 3 N–H and O–H groups in total. The molecule has 0 fully saturated rings. The summed E-state index contributed by atoms with van der Waals surface area (Å²) in [7, 11) is 0. The molecule has 0 amide bonds. The summed E-state index contributed by atoms with van der Waals surface area (Å²) in [6, 6.07) is 2.14. The zero-order chi connectivity index (χ0) is 10.0. The van der Waals surface area contributed by atoms with E-state index >= 15 is 0 Å². The Bertz CT molecular complexity index is 346. The molecule has 0 spiro atoms. The number of carboxylic acids is 1. The van der Waals surface area contributed by atoms with Gasteiger partial charge < -0.3 is 10.8 Å². The van der Waals surface area contributed by atoms with Crippen molar-refractivity contribution in [1.29, 1.82) is 0 Å². The van der Waals surface area contributed by atoms with Crippen molar-refractivity contribution >= 4 is 30.0 Å². The maximum Gasteiger partial charge on any atom is 0.325 e. The van der Waals surface area contributed by atoms with Crippen molar-refractivity contribution in [2.24, 2.45) is 5.73 Å². The molecule has 0 saturated carbocycles. The molecule has 1 atom stereocenters. The van der Waals surface area contributed by atoms with E-state index in [4.69, 9.17) is 22.4 Å². The first kappa shape index (κ1) is 13.2. The number of aliphatic carboxylic acids is 1. The van der Waals surface area contributed by atoms with Gasteiger partial charge in [0.05, 0.1) is 0 Å². The molecule has 6 heteroatoms. The lowest BCUT2D eigenvalue weighted by atomic mass is 10.1. The molecule has 1 aromatic carbocycles. The lowest BCUT2D eigenvalue weighted by Gasteiger charge is -2.08. The monoisotopic (exact) mass is 239 g/mol. The number of carboxylic acid groups (broad SMARTS) is 1. The van der Waals surface area contributed by atoms with Gasteiger partial charge in [-0.3, -0.25) is 4.79 Å². The minimum atomic E-state index is -1.29. The minimum Gasteiger partial charge on any atom is -0.480 e. The van der Waals surface area contributed by atoms with Crippen LogP contribution in [0.1, 0.15) is 11.6 Å². The molecule has 0 aliphatic rings. The summed E-state index contributed by atoms with van der Waals surface area (Å²) in [5, 5.41) is 8.69. The van der Waals surface area contributed by atoms with Crippen molar-refractivity contribution in [3.8, 4) is 0 Å². The van der Waals surface area contributed by atoms with Gasteiger partial charge in [-0.05, 0) is 18.2 Å². The van der Waals surface area contributed by atoms with Crippen molar-refractivity contribution in [3.63, 3.8) is 0 Å². The highest BCUT2D eigenvalue weighted by Crippen LogP contribution is 2.22. The van der Waals surface area contributed by atoms with Gasteiger partial charge in [-0.1, -0.05) is 11.6 Å². The van der Waals surface area contributed by atoms with E-state index in [0.29, 0.717) is 0 Å². The van der Waals surface area contributed by atoms with E-state index in [9.17, 15) is 9.18 Å². The van der Waals surface area contributed by atoms with Gasteiger partial charge in [0.15, 0.2) is 0 Å². The Hall–Kier alpha value is -0.840.